The minimum atomic E-state index is -4.54. The van der Waals surface area contributed by atoms with Gasteiger partial charge in [0.25, 0.3) is 5.91 Å². The van der Waals surface area contributed by atoms with Gasteiger partial charge in [-0.3, -0.25) is 15.6 Å². The third-order valence-corrected chi connectivity index (χ3v) is 5.29. The highest BCUT2D eigenvalue weighted by atomic mass is 32.2. The number of para-hydroxylation sites is 1. The van der Waals surface area contributed by atoms with E-state index in [0.29, 0.717) is 5.03 Å². The number of amides is 1. The number of anilines is 1. The fourth-order valence-corrected chi connectivity index (χ4v) is 3.64. The lowest BCUT2D eigenvalue weighted by Gasteiger charge is -2.15. The van der Waals surface area contributed by atoms with Crippen LogP contribution in [0.4, 0.5) is 18.9 Å². The molecule has 0 unspecified atom stereocenters. The molecule has 3 rings (SSSR count). The SMILES string of the molecule is Cc1ccc(Sc2ncccc2C(=O)NNc2ccccc2C(F)(F)F)c(C)c1. The summed E-state index contributed by atoms with van der Waals surface area (Å²) < 4.78 is 39.3. The third-order valence-electron chi connectivity index (χ3n) is 4.10. The Morgan fingerprint density at radius 1 is 1.03 bits per heavy atom. The monoisotopic (exact) mass is 417 g/mol. The summed E-state index contributed by atoms with van der Waals surface area (Å²) in [6.07, 6.45) is -2.97. The summed E-state index contributed by atoms with van der Waals surface area (Å²) >= 11 is 1.33. The molecular formula is C21H18F3N3OS. The molecular weight excluding hydrogens is 399 g/mol. The summed E-state index contributed by atoms with van der Waals surface area (Å²) in [4.78, 5) is 17.8. The van der Waals surface area contributed by atoms with Crippen LogP contribution >= 0.6 is 11.8 Å². The van der Waals surface area contributed by atoms with Crippen LogP contribution in [0, 0.1) is 13.8 Å². The largest absolute Gasteiger partial charge is 0.418 e. The van der Waals surface area contributed by atoms with Crippen molar-refractivity contribution in [3.8, 4) is 0 Å². The zero-order chi connectivity index (χ0) is 21.0. The summed E-state index contributed by atoms with van der Waals surface area (Å²) in [6, 6.07) is 14.1. The number of rotatable bonds is 5. The molecule has 0 saturated heterocycles. The number of carbonyl (C=O) groups is 1. The van der Waals surface area contributed by atoms with Gasteiger partial charge in [-0.15, -0.1) is 0 Å². The minimum absolute atomic E-state index is 0.235. The summed E-state index contributed by atoms with van der Waals surface area (Å²) in [5, 5.41) is 0.461. The number of alkyl halides is 3. The number of hydrogen-bond acceptors (Lipinski definition) is 4. The van der Waals surface area contributed by atoms with Crippen molar-refractivity contribution in [1.29, 1.82) is 0 Å². The molecule has 8 heteroatoms. The van der Waals surface area contributed by atoms with Gasteiger partial charge in [-0.2, -0.15) is 13.2 Å². The Balaban J connectivity index is 1.79. The average molecular weight is 417 g/mol. The van der Waals surface area contributed by atoms with Gasteiger partial charge < -0.3 is 0 Å². The molecule has 0 aliphatic carbocycles. The lowest BCUT2D eigenvalue weighted by Crippen LogP contribution is -2.31. The number of hydrogen-bond donors (Lipinski definition) is 2. The molecule has 0 fully saturated rings. The number of hydrazine groups is 1. The Hall–Kier alpha value is -3.00. The van der Waals surface area contributed by atoms with Gasteiger partial charge in [0.15, 0.2) is 0 Å². The minimum Gasteiger partial charge on any atom is -0.298 e. The molecule has 29 heavy (non-hydrogen) atoms. The molecule has 1 heterocycles. The Labute approximate surface area is 170 Å². The molecule has 0 bridgehead atoms. The molecule has 2 aromatic carbocycles. The van der Waals surface area contributed by atoms with E-state index < -0.39 is 17.6 Å². The first kappa shape index (κ1) is 20.7. The number of benzene rings is 2. The first-order chi connectivity index (χ1) is 13.8. The molecule has 0 radical (unpaired) electrons. The van der Waals surface area contributed by atoms with Crippen molar-refractivity contribution < 1.29 is 18.0 Å². The topological polar surface area (TPSA) is 54.0 Å². The maximum atomic E-state index is 13.1. The van der Waals surface area contributed by atoms with E-state index in [2.05, 4.69) is 15.8 Å². The van der Waals surface area contributed by atoms with Crippen LogP contribution in [0.15, 0.2) is 70.7 Å². The molecule has 0 spiro atoms. The summed E-state index contributed by atoms with van der Waals surface area (Å²) in [7, 11) is 0. The fourth-order valence-electron chi connectivity index (χ4n) is 2.69. The summed E-state index contributed by atoms with van der Waals surface area (Å²) in [5.41, 5.74) is 6.03. The van der Waals surface area contributed by atoms with Crippen LogP contribution in [-0.2, 0) is 6.18 Å². The molecule has 0 saturated carbocycles. The summed E-state index contributed by atoms with van der Waals surface area (Å²) in [6.45, 7) is 3.96. The lowest BCUT2D eigenvalue weighted by atomic mass is 10.2. The summed E-state index contributed by atoms with van der Waals surface area (Å²) in [5.74, 6) is -0.581. The van der Waals surface area contributed by atoms with Crippen LogP contribution in [0.3, 0.4) is 0 Å². The van der Waals surface area contributed by atoms with Crippen molar-refractivity contribution in [2.24, 2.45) is 0 Å². The van der Waals surface area contributed by atoms with Gasteiger partial charge in [0.2, 0.25) is 0 Å². The molecule has 150 valence electrons. The van der Waals surface area contributed by atoms with Crippen molar-refractivity contribution in [1.82, 2.24) is 10.4 Å². The average Bonchev–Trinajstić information content (AvgIpc) is 2.68. The number of nitrogens with zero attached hydrogens (tertiary/aromatic N) is 1. The van der Waals surface area contributed by atoms with Gasteiger partial charge in [0.05, 0.1) is 16.8 Å². The van der Waals surface area contributed by atoms with E-state index in [1.807, 2.05) is 32.0 Å². The van der Waals surface area contributed by atoms with Crippen LogP contribution in [0.1, 0.15) is 27.0 Å². The molecule has 1 amide bonds. The van der Waals surface area contributed by atoms with E-state index in [4.69, 9.17) is 0 Å². The Morgan fingerprint density at radius 3 is 2.52 bits per heavy atom. The van der Waals surface area contributed by atoms with Gasteiger partial charge in [-0.25, -0.2) is 4.98 Å². The number of pyridine rings is 1. The number of aryl methyl sites for hydroxylation is 2. The van der Waals surface area contributed by atoms with E-state index in [1.165, 1.54) is 30.0 Å². The second-order valence-corrected chi connectivity index (χ2v) is 7.38. The first-order valence-electron chi connectivity index (χ1n) is 8.68. The third kappa shape index (κ3) is 5.08. The number of halogens is 3. The number of nitrogens with one attached hydrogen (secondary N) is 2. The highest BCUT2D eigenvalue weighted by Gasteiger charge is 2.33. The van der Waals surface area contributed by atoms with Crippen molar-refractivity contribution in [3.63, 3.8) is 0 Å². The van der Waals surface area contributed by atoms with Crippen LogP contribution in [0.25, 0.3) is 0 Å². The van der Waals surface area contributed by atoms with Gasteiger partial charge in [0.1, 0.15) is 5.03 Å². The molecule has 3 aromatic rings. The predicted molar refractivity (Wildman–Crippen MR) is 107 cm³/mol. The van der Waals surface area contributed by atoms with Gasteiger partial charge in [-0.1, -0.05) is 41.6 Å². The Bertz CT molecular complexity index is 1040. The molecule has 2 N–H and O–H groups in total. The maximum Gasteiger partial charge on any atom is 0.418 e. The molecule has 1 aromatic heterocycles. The molecule has 0 atom stereocenters. The van der Waals surface area contributed by atoms with Crippen LogP contribution in [0.5, 0.6) is 0 Å². The Kier molecular flexibility index (Phi) is 6.12. The zero-order valence-electron chi connectivity index (χ0n) is 15.7. The predicted octanol–water partition coefficient (Wildman–Crippen LogP) is 5.63. The molecule has 0 aliphatic heterocycles. The zero-order valence-corrected chi connectivity index (χ0v) is 16.5. The van der Waals surface area contributed by atoms with E-state index in [0.717, 1.165) is 22.1 Å². The molecule has 0 aliphatic rings. The maximum absolute atomic E-state index is 13.1. The first-order valence-corrected chi connectivity index (χ1v) is 9.50. The van der Waals surface area contributed by atoms with Crippen molar-refractivity contribution in [2.45, 2.75) is 29.9 Å². The van der Waals surface area contributed by atoms with E-state index in [1.54, 1.807) is 18.3 Å². The lowest BCUT2D eigenvalue weighted by molar-refractivity contribution is -0.137. The van der Waals surface area contributed by atoms with Crippen LogP contribution in [0.2, 0.25) is 0 Å². The second-order valence-electron chi connectivity index (χ2n) is 6.35. The molecule has 4 nitrogen and oxygen atoms in total. The van der Waals surface area contributed by atoms with Crippen molar-refractivity contribution >= 4 is 23.4 Å². The normalized spacial score (nSPS) is 11.2. The standard InChI is InChI=1S/C21H18F3N3OS/c1-13-9-10-18(14(2)12-13)29-20-15(6-5-11-25-20)19(28)27-26-17-8-4-3-7-16(17)21(22,23)24/h3-12,26H,1-2H3,(H,27,28). The number of aromatic nitrogens is 1. The van der Waals surface area contributed by atoms with Gasteiger partial charge >= 0.3 is 6.18 Å². The van der Waals surface area contributed by atoms with Gasteiger partial charge in [0, 0.05) is 11.1 Å². The van der Waals surface area contributed by atoms with E-state index >= 15 is 0 Å². The van der Waals surface area contributed by atoms with Crippen LogP contribution in [-0.4, -0.2) is 10.9 Å². The Morgan fingerprint density at radius 2 is 1.79 bits per heavy atom. The highest BCUT2D eigenvalue weighted by Crippen LogP contribution is 2.34. The van der Waals surface area contributed by atoms with E-state index in [9.17, 15) is 18.0 Å². The highest BCUT2D eigenvalue weighted by molar-refractivity contribution is 7.99. The smallest absolute Gasteiger partial charge is 0.298 e. The van der Waals surface area contributed by atoms with Gasteiger partial charge in [-0.05, 0) is 49.7 Å². The van der Waals surface area contributed by atoms with E-state index in [-0.39, 0.29) is 11.3 Å². The fraction of sp³-hybridized carbons (Fsp3) is 0.143. The van der Waals surface area contributed by atoms with Crippen LogP contribution < -0.4 is 10.9 Å². The van der Waals surface area contributed by atoms with Crippen molar-refractivity contribution in [3.05, 3.63) is 83.0 Å². The van der Waals surface area contributed by atoms with Crippen molar-refractivity contribution in [2.75, 3.05) is 5.43 Å². The second kappa shape index (κ2) is 8.57. The quantitative estimate of drug-likeness (QED) is 0.529. The number of carbonyl (C=O) groups excluding carboxylic acids is 1.